The van der Waals surface area contributed by atoms with Crippen molar-refractivity contribution in [3.63, 3.8) is 0 Å². The van der Waals surface area contributed by atoms with Gasteiger partial charge in [0.2, 0.25) is 0 Å². The van der Waals surface area contributed by atoms with Gasteiger partial charge in [0.15, 0.2) is 0 Å². The number of pyridine rings is 2. The van der Waals surface area contributed by atoms with Crippen molar-refractivity contribution in [1.82, 2.24) is 15.0 Å². The topological polar surface area (TPSA) is 51.8 Å². The van der Waals surface area contributed by atoms with E-state index in [1.165, 1.54) is 15.8 Å². The number of aryl methyl sites for hydroxylation is 3. The molecule has 0 N–H and O–H groups in total. The Labute approximate surface area is 238 Å². The molecule has 0 aliphatic rings. The molecule has 189 valence electrons. The monoisotopic (exact) mass is 690 g/mol. The van der Waals surface area contributed by atoms with Crippen LogP contribution in [0.5, 0.6) is 0 Å². The molecule has 38 heavy (non-hydrogen) atoms. The van der Waals surface area contributed by atoms with Crippen LogP contribution in [0.3, 0.4) is 0 Å². The minimum absolute atomic E-state index is 0. The van der Waals surface area contributed by atoms with Crippen molar-refractivity contribution in [3.05, 3.63) is 113 Å². The molecule has 0 saturated carbocycles. The smallest absolute Gasteiger partial charge is 0.122 e. The van der Waals surface area contributed by atoms with Crippen molar-refractivity contribution in [3.8, 4) is 22.5 Å². The summed E-state index contributed by atoms with van der Waals surface area (Å²) in [6.07, 6.45) is 3.70. The van der Waals surface area contributed by atoms with Crippen molar-refractivity contribution in [2.75, 3.05) is 0 Å². The Kier molecular flexibility index (Phi) is 7.48. The Morgan fingerprint density at radius 1 is 0.816 bits per heavy atom. The molecule has 7 aromatic rings. The number of benzene rings is 3. The molecule has 4 nitrogen and oxygen atoms in total. The Balaban J connectivity index is 0.000000191. The Hall–Kier alpha value is -3.70. The van der Waals surface area contributed by atoms with Gasteiger partial charge in [0, 0.05) is 37.9 Å². The average Bonchev–Trinajstić information content (AvgIpc) is 3.51. The summed E-state index contributed by atoms with van der Waals surface area (Å²) >= 11 is 1.71. The molecule has 0 aliphatic carbocycles. The Bertz CT molecular complexity index is 1820. The second-order valence-electron chi connectivity index (χ2n) is 8.86. The van der Waals surface area contributed by atoms with Gasteiger partial charge in [-0.3, -0.25) is 0 Å². The number of furan rings is 1. The van der Waals surface area contributed by atoms with Gasteiger partial charge in [-0.15, -0.1) is 65.4 Å². The maximum absolute atomic E-state index is 6.23. The largest absolute Gasteiger partial charge is 0.501 e. The summed E-state index contributed by atoms with van der Waals surface area (Å²) in [6, 6.07) is 30.3. The molecule has 0 atom stereocenters. The molecule has 0 saturated heterocycles. The van der Waals surface area contributed by atoms with Gasteiger partial charge in [-0.05, 0) is 55.9 Å². The maximum Gasteiger partial charge on any atom is 0.122 e. The quantitative estimate of drug-likeness (QED) is 0.171. The summed E-state index contributed by atoms with van der Waals surface area (Å²) in [5, 5.41) is 3.30. The third-order valence-corrected chi connectivity index (χ3v) is 7.34. The molecule has 0 unspecified atom stereocenters. The van der Waals surface area contributed by atoms with Crippen molar-refractivity contribution < 1.29 is 24.5 Å². The number of fused-ring (bicyclic) bond motifs is 5. The number of thiazole rings is 1. The zero-order chi connectivity index (χ0) is 25.4. The first-order valence-electron chi connectivity index (χ1n) is 12.0. The van der Waals surface area contributed by atoms with Gasteiger partial charge in [-0.25, -0.2) is 4.98 Å². The Morgan fingerprint density at radius 2 is 1.68 bits per heavy atom. The van der Waals surface area contributed by atoms with E-state index in [1.54, 1.807) is 17.5 Å². The number of nitrogens with zero attached hydrogens (tertiary/aromatic N) is 3. The molecule has 4 aromatic heterocycles. The van der Waals surface area contributed by atoms with Crippen molar-refractivity contribution in [2.45, 2.75) is 20.8 Å². The molecular weight excluding hydrogens is 667 g/mol. The predicted octanol–water partition coefficient (Wildman–Crippen LogP) is 8.53. The van der Waals surface area contributed by atoms with Gasteiger partial charge >= 0.3 is 0 Å². The van der Waals surface area contributed by atoms with Crippen LogP contribution in [0.1, 0.15) is 16.1 Å². The molecule has 7 rings (SSSR count). The van der Waals surface area contributed by atoms with E-state index in [0.29, 0.717) is 0 Å². The van der Waals surface area contributed by atoms with Crippen LogP contribution in [-0.2, 0) is 20.1 Å². The number of hydrogen-bond donors (Lipinski definition) is 0. The van der Waals surface area contributed by atoms with Crippen LogP contribution >= 0.6 is 11.3 Å². The summed E-state index contributed by atoms with van der Waals surface area (Å²) in [4.78, 5) is 13.4. The van der Waals surface area contributed by atoms with Crippen LogP contribution in [0.4, 0.5) is 0 Å². The van der Waals surface area contributed by atoms with Gasteiger partial charge in [-0.1, -0.05) is 34.7 Å². The molecule has 1 radical (unpaired) electrons. The van der Waals surface area contributed by atoms with Crippen LogP contribution in [0.2, 0.25) is 0 Å². The first-order chi connectivity index (χ1) is 18.1. The fourth-order valence-corrected chi connectivity index (χ4v) is 5.32. The van der Waals surface area contributed by atoms with Crippen LogP contribution in [-0.4, -0.2) is 15.0 Å². The standard InChI is InChI=1S/C21H15N2OS.C11H8N.Ir/c1-11-9-17(22-10-12(11)2)14-5-4-6-15-19-18(24-20(14)15)8-7-16-21(19)25-13(3)23-16;1-2-6-10(7-3-1)11-8-4-5-9-12-11;/h4,6-10H,1-3H3;1-6,8-9H;/q2*-1;. The summed E-state index contributed by atoms with van der Waals surface area (Å²) in [5.74, 6) is 0. The summed E-state index contributed by atoms with van der Waals surface area (Å²) in [5.41, 5.74) is 8.96. The third kappa shape index (κ3) is 4.91. The normalized spacial score (nSPS) is 10.8. The Morgan fingerprint density at radius 3 is 2.45 bits per heavy atom. The first kappa shape index (κ1) is 25.9. The van der Waals surface area contributed by atoms with Gasteiger partial charge < -0.3 is 14.4 Å². The molecule has 6 heteroatoms. The van der Waals surface area contributed by atoms with E-state index in [1.807, 2.05) is 73.8 Å². The van der Waals surface area contributed by atoms with Crippen molar-refractivity contribution >= 4 is 43.5 Å². The van der Waals surface area contributed by atoms with Gasteiger partial charge in [-0.2, -0.15) is 0 Å². The number of aromatic nitrogens is 3. The van der Waals surface area contributed by atoms with Gasteiger partial charge in [0.25, 0.3) is 0 Å². The van der Waals surface area contributed by atoms with E-state index in [4.69, 9.17) is 4.42 Å². The summed E-state index contributed by atoms with van der Waals surface area (Å²) in [7, 11) is 0. The zero-order valence-electron chi connectivity index (χ0n) is 21.1. The predicted molar refractivity (Wildman–Crippen MR) is 152 cm³/mol. The maximum atomic E-state index is 6.23. The van der Waals surface area contributed by atoms with E-state index in [-0.39, 0.29) is 20.1 Å². The van der Waals surface area contributed by atoms with Crippen LogP contribution in [0.25, 0.3) is 54.7 Å². The van der Waals surface area contributed by atoms with Crippen molar-refractivity contribution in [1.29, 1.82) is 0 Å². The minimum Gasteiger partial charge on any atom is -0.501 e. The molecule has 3 aromatic carbocycles. The number of hydrogen-bond acceptors (Lipinski definition) is 5. The fourth-order valence-electron chi connectivity index (χ4n) is 4.35. The van der Waals surface area contributed by atoms with Crippen molar-refractivity contribution in [2.24, 2.45) is 0 Å². The molecule has 0 amide bonds. The van der Waals surface area contributed by atoms with E-state index in [9.17, 15) is 0 Å². The molecule has 0 bridgehead atoms. The van der Waals surface area contributed by atoms with E-state index in [2.05, 4.69) is 53.1 Å². The van der Waals surface area contributed by atoms with Crippen LogP contribution in [0, 0.1) is 32.9 Å². The summed E-state index contributed by atoms with van der Waals surface area (Å²) in [6.45, 7) is 6.21. The molecule has 0 fully saturated rings. The summed E-state index contributed by atoms with van der Waals surface area (Å²) < 4.78 is 7.41. The van der Waals surface area contributed by atoms with Gasteiger partial charge in [0.05, 0.1) is 20.8 Å². The van der Waals surface area contributed by atoms with E-state index >= 15 is 0 Å². The van der Waals surface area contributed by atoms with Gasteiger partial charge in [0.1, 0.15) is 5.58 Å². The molecule has 0 aliphatic heterocycles. The average molecular weight is 690 g/mol. The SMILES string of the molecule is Cc1nc2ccc3oc4c(-c5cc(C)c(C)cn5)[c-]ccc4c3c2s1.[Ir].[c-]1ccccc1-c1ccccn1. The van der Waals surface area contributed by atoms with E-state index < -0.39 is 0 Å². The van der Waals surface area contributed by atoms with Crippen LogP contribution < -0.4 is 0 Å². The molecule has 4 heterocycles. The zero-order valence-corrected chi connectivity index (χ0v) is 24.3. The first-order valence-corrected chi connectivity index (χ1v) is 12.8. The van der Waals surface area contributed by atoms with Crippen LogP contribution in [0.15, 0.2) is 89.6 Å². The second kappa shape index (κ2) is 11.0. The second-order valence-corrected chi connectivity index (χ2v) is 10.1. The molecular formula is C32H23IrN3OS-2. The third-order valence-electron chi connectivity index (χ3n) is 6.34. The minimum atomic E-state index is 0. The number of rotatable bonds is 2. The fraction of sp³-hybridized carbons (Fsp3) is 0.0938. The van der Waals surface area contributed by atoms with E-state index in [0.717, 1.165) is 55.0 Å². The molecule has 0 spiro atoms.